The summed E-state index contributed by atoms with van der Waals surface area (Å²) in [5.74, 6) is -0.748. The number of ether oxygens (including phenoxy) is 1. The number of piperazine rings is 1. The van der Waals surface area contributed by atoms with Gasteiger partial charge in [-0.1, -0.05) is 0 Å². The maximum absolute atomic E-state index is 12.9. The second-order valence-electron chi connectivity index (χ2n) is 5.79. The zero-order chi connectivity index (χ0) is 16.5. The molecule has 0 aliphatic carbocycles. The largest absolute Gasteiger partial charge is 0.411 e. The summed E-state index contributed by atoms with van der Waals surface area (Å²) in [7, 11) is 0. The van der Waals surface area contributed by atoms with Gasteiger partial charge in [0.2, 0.25) is 0 Å². The van der Waals surface area contributed by atoms with E-state index in [9.17, 15) is 9.18 Å². The van der Waals surface area contributed by atoms with E-state index in [4.69, 9.17) is 9.15 Å². The molecule has 1 unspecified atom stereocenters. The predicted molar refractivity (Wildman–Crippen MR) is 79.6 cm³/mol. The maximum Gasteiger partial charge on any atom is 0.311 e. The Morgan fingerprint density at radius 1 is 1.25 bits per heavy atom. The third kappa shape index (κ3) is 2.87. The number of amides is 1. The lowest BCUT2D eigenvalue weighted by Gasteiger charge is -2.43. The molecule has 2 saturated heterocycles. The fraction of sp³-hybridized carbons (Fsp3) is 0.467. The quantitative estimate of drug-likeness (QED) is 0.788. The van der Waals surface area contributed by atoms with Gasteiger partial charge in [0.15, 0.2) is 0 Å². The van der Waals surface area contributed by atoms with Gasteiger partial charge in [-0.05, 0) is 12.1 Å². The highest BCUT2D eigenvalue weighted by Crippen LogP contribution is 2.19. The lowest BCUT2D eigenvalue weighted by molar-refractivity contribution is -0.0400. The summed E-state index contributed by atoms with van der Waals surface area (Å²) in [6, 6.07) is 2.88. The fourth-order valence-electron chi connectivity index (χ4n) is 2.98. The highest BCUT2D eigenvalue weighted by Gasteiger charge is 2.33. The van der Waals surface area contributed by atoms with Crippen LogP contribution in [0.5, 0.6) is 0 Å². The average molecular weight is 333 g/mol. The van der Waals surface area contributed by atoms with Gasteiger partial charge in [-0.2, -0.15) is 0 Å². The van der Waals surface area contributed by atoms with Crippen molar-refractivity contribution in [2.45, 2.75) is 6.04 Å². The molecule has 0 saturated carbocycles. The summed E-state index contributed by atoms with van der Waals surface area (Å²) < 4.78 is 23.8. The van der Waals surface area contributed by atoms with Crippen LogP contribution >= 0.6 is 0 Å². The Bertz CT molecular complexity index is 735. The molecule has 9 heteroatoms. The van der Waals surface area contributed by atoms with Crippen LogP contribution in [0.15, 0.2) is 22.7 Å². The van der Waals surface area contributed by atoms with E-state index in [1.807, 2.05) is 0 Å². The minimum Gasteiger partial charge on any atom is -0.411 e. The molecule has 4 heterocycles. The van der Waals surface area contributed by atoms with Crippen molar-refractivity contribution in [2.75, 3.05) is 39.4 Å². The first-order chi connectivity index (χ1) is 11.7. The Balaban J connectivity index is 1.48. The van der Waals surface area contributed by atoms with E-state index in [1.54, 1.807) is 4.90 Å². The Morgan fingerprint density at radius 3 is 3.00 bits per heavy atom. The smallest absolute Gasteiger partial charge is 0.311 e. The SMILES string of the molecule is O=C(c1nnc(-c2ccc(F)cn2)o1)N1CCN2CCOCC2C1. The number of halogens is 1. The minimum absolute atomic E-state index is 0.0821. The molecule has 2 fully saturated rings. The molecule has 0 spiro atoms. The van der Waals surface area contributed by atoms with Gasteiger partial charge in [0.25, 0.3) is 5.89 Å². The third-order valence-electron chi connectivity index (χ3n) is 4.28. The Morgan fingerprint density at radius 2 is 2.17 bits per heavy atom. The van der Waals surface area contributed by atoms with Crippen molar-refractivity contribution in [3.8, 4) is 11.6 Å². The lowest BCUT2D eigenvalue weighted by atomic mass is 10.1. The Kier molecular flexibility index (Phi) is 3.95. The number of aromatic nitrogens is 3. The molecule has 0 aromatic carbocycles. The van der Waals surface area contributed by atoms with E-state index in [2.05, 4.69) is 20.1 Å². The summed E-state index contributed by atoms with van der Waals surface area (Å²) in [6.45, 7) is 4.25. The van der Waals surface area contributed by atoms with Gasteiger partial charge < -0.3 is 14.1 Å². The van der Waals surface area contributed by atoms with Crippen LogP contribution in [0.2, 0.25) is 0 Å². The van der Waals surface area contributed by atoms with Gasteiger partial charge in [-0.3, -0.25) is 9.69 Å². The molecular weight excluding hydrogens is 317 g/mol. The topological polar surface area (TPSA) is 84.6 Å². The first kappa shape index (κ1) is 15.2. The van der Waals surface area contributed by atoms with Crippen LogP contribution in [-0.4, -0.2) is 76.3 Å². The number of hydrogen-bond donors (Lipinski definition) is 0. The molecule has 4 rings (SSSR count). The molecule has 0 bridgehead atoms. The first-order valence-electron chi connectivity index (χ1n) is 7.77. The number of fused-ring (bicyclic) bond motifs is 1. The van der Waals surface area contributed by atoms with Gasteiger partial charge in [-0.25, -0.2) is 9.37 Å². The van der Waals surface area contributed by atoms with Crippen LogP contribution in [0.25, 0.3) is 11.6 Å². The molecule has 2 aromatic rings. The van der Waals surface area contributed by atoms with E-state index in [0.29, 0.717) is 25.4 Å². The van der Waals surface area contributed by atoms with Crippen molar-refractivity contribution in [1.82, 2.24) is 25.0 Å². The molecule has 1 amide bonds. The normalized spacial score (nSPS) is 21.5. The van der Waals surface area contributed by atoms with Gasteiger partial charge in [-0.15, -0.1) is 10.2 Å². The lowest BCUT2D eigenvalue weighted by Crippen LogP contribution is -2.59. The van der Waals surface area contributed by atoms with Gasteiger partial charge in [0, 0.05) is 26.2 Å². The molecule has 0 radical (unpaired) electrons. The molecular formula is C15H16FN5O3. The summed E-state index contributed by atoms with van der Waals surface area (Å²) in [5.41, 5.74) is 0.327. The zero-order valence-corrected chi connectivity index (χ0v) is 12.9. The van der Waals surface area contributed by atoms with Gasteiger partial charge in [0.1, 0.15) is 11.5 Å². The summed E-state index contributed by atoms with van der Waals surface area (Å²) in [6.07, 6.45) is 1.06. The number of morpholine rings is 1. The van der Waals surface area contributed by atoms with Crippen molar-refractivity contribution in [3.05, 3.63) is 30.0 Å². The van der Waals surface area contributed by atoms with E-state index < -0.39 is 5.82 Å². The van der Waals surface area contributed by atoms with Crippen molar-refractivity contribution >= 4 is 5.91 Å². The van der Waals surface area contributed by atoms with Crippen LogP contribution in [0.1, 0.15) is 10.7 Å². The number of carbonyl (C=O) groups is 1. The van der Waals surface area contributed by atoms with E-state index in [0.717, 1.165) is 25.9 Å². The standard InChI is InChI=1S/C15H16FN5O3/c16-10-1-2-12(17-7-10)13-18-19-14(24-13)15(22)21-4-3-20-5-6-23-9-11(20)8-21/h1-2,7,11H,3-6,8-9H2. The molecule has 1 atom stereocenters. The highest BCUT2D eigenvalue weighted by atomic mass is 19.1. The van der Waals surface area contributed by atoms with E-state index >= 15 is 0 Å². The second kappa shape index (κ2) is 6.25. The van der Waals surface area contributed by atoms with Crippen LogP contribution in [0, 0.1) is 5.82 Å². The number of hydrogen-bond acceptors (Lipinski definition) is 7. The molecule has 2 aliphatic rings. The second-order valence-corrected chi connectivity index (χ2v) is 5.79. The number of rotatable bonds is 2. The van der Waals surface area contributed by atoms with E-state index in [-0.39, 0.29) is 23.7 Å². The Hall–Kier alpha value is -2.39. The zero-order valence-electron chi connectivity index (χ0n) is 12.9. The minimum atomic E-state index is -0.456. The molecule has 2 aromatic heterocycles. The summed E-state index contributed by atoms with van der Waals surface area (Å²) in [4.78, 5) is 20.5. The van der Waals surface area contributed by atoms with Gasteiger partial charge >= 0.3 is 11.8 Å². The molecule has 24 heavy (non-hydrogen) atoms. The number of nitrogens with zero attached hydrogens (tertiary/aromatic N) is 5. The van der Waals surface area contributed by atoms with Crippen molar-refractivity contribution in [3.63, 3.8) is 0 Å². The molecule has 8 nitrogen and oxygen atoms in total. The first-order valence-corrected chi connectivity index (χ1v) is 7.77. The van der Waals surface area contributed by atoms with E-state index in [1.165, 1.54) is 12.1 Å². The van der Waals surface area contributed by atoms with Crippen LogP contribution < -0.4 is 0 Å². The Labute approximate surface area is 137 Å². The van der Waals surface area contributed by atoms with Gasteiger partial charge in [0.05, 0.1) is 25.5 Å². The molecule has 126 valence electrons. The maximum atomic E-state index is 12.9. The van der Waals surface area contributed by atoms with Crippen molar-refractivity contribution < 1.29 is 18.3 Å². The summed E-state index contributed by atoms with van der Waals surface area (Å²) >= 11 is 0. The molecule has 2 aliphatic heterocycles. The van der Waals surface area contributed by atoms with Crippen LogP contribution in [-0.2, 0) is 4.74 Å². The number of pyridine rings is 1. The van der Waals surface area contributed by atoms with Crippen molar-refractivity contribution in [1.29, 1.82) is 0 Å². The van der Waals surface area contributed by atoms with Crippen molar-refractivity contribution in [2.24, 2.45) is 0 Å². The summed E-state index contributed by atoms with van der Waals surface area (Å²) in [5, 5.41) is 7.64. The number of carbonyl (C=O) groups excluding carboxylic acids is 1. The molecule has 0 N–H and O–H groups in total. The monoisotopic (exact) mass is 333 g/mol. The van der Waals surface area contributed by atoms with Crippen LogP contribution in [0.4, 0.5) is 4.39 Å². The predicted octanol–water partition coefficient (Wildman–Crippen LogP) is 0.427. The van der Waals surface area contributed by atoms with Crippen LogP contribution in [0.3, 0.4) is 0 Å². The highest BCUT2D eigenvalue weighted by molar-refractivity contribution is 5.89. The fourth-order valence-corrected chi connectivity index (χ4v) is 2.98. The average Bonchev–Trinajstić information content (AvgIpc) is 3.11. The third-order valence-corrected chi connectivity index (χ3v) is 4.28.